The van der Waals surface area contributed by atoms with Crippen LogP contribution >= 0.6 is 11.6 Å². The minimum absolute atomic E-state index is 0.0664. The average molecular weight is 446 g/mol. The lowest BCUT2D eigenvalue weighted by Crippen LogP contribution is -2.28. The van der Waals surface area contributed by atoms with Gasteiger partial charge in [0.15, 0.2) is 0 Å². The molecule has 2 aromatic carbocycles. The first kappa shape index (κ1) is 21.6. The van der Waals surface area contributed by atoms with Gasteiger partial charge >= 0.3 is 6.18 Å². The SMILES string of the molecule is CCn1c(C(C)NS(=O)(=O)c2ccc(CCl)cc2)nc2ccc(C(F)(F)F)cc21. The molecule has 5 nitrogen and oxygen atoms in total. The Hall–Kier alpha value is -2.10. The molecule has 156 valence electrons. The van der Waals surface area contributed by atoms with E-state index in [4.69, 9.17) is 11.6 Å². The van der Waals surface area contributed by atoms with Crippen LogP contribution in [0.2, 0.25) is 0 Å². The van der Waals surface area contributed by atoms with E-state index in [1.54, 1.807) is 30.5 Å². The summed E-state index contributed by atoms with van der Waals surface area (Å²) in [6.45, 7) is 3.70. The lowest BCUT2D eigenvalue weighted by atomic mass is 10.2. The Balaban J connectivity index is 1.96. The topological polar surface area (TPSA) is 64.0 Å². The number of nitrogens with one attached hydrogen (secondary N) is 1. The van der Waals surface area contributed by atoms with Crippen LogP contribution in [0.25, 0.3) is 11.0 Å². The standard InChI is InChI=1S/C19H19ClF3N3O2S/c1-3-26-17-10-14(19(21,22)23)6-9-16(17)24-18(26)12(2)25-29(27,28)15-7-4-13(11-20)5-8-15/h4-10,12,25H,3,11H2,1-2H3. The fourth-order valence-electron chi connectivity index (χ4n) is 3.09. The van der Waals surface area contributed by atoms with Crippen LogP contribution in [0.1, 0.15) is 36.8 Å². The van der Waals surface area contributed by atoms with Gasteiger partial charge in [-0.25, -0.2) is 18.1 Å². The molecule has 0 aliphatic rings. The summed E-state index contributed by atoms with van der Waals surface area (Å²) in [4.78, 5) is 4.43. The van der Waals surface area contributed by atoms with Crippen LogP contribution in [0.3, 0.4) is 0 Å². The molecule has 0 saturated heterocycles. The number of benzene rings is 2. The van der Waals surface area contributed by atoms with Crippen molar-refractivity contribution in [1.29, 1.82) is 0 Å². The molecule has 0 radical (unpaired) electrons. The molecule has 3 rings (SSSR count). The lowest BCUT2D eigenvalue weighted by Gasteiger charge is -2.16. The van der Waals surface area contributed by atoms with Gasteiger partial charge in [0.25, 0.3) is 0 Å². The molecule has 0 fully saturated rings. The highest BCUT2D eigenvalue weighted by Crippen LogP contribution is 2.32. The van der Waals surface area contributed by atoms with Crippen LogP contribution in [0.15, 0.2) is 47.4 Å². The molecule has 1 heterocycles. The Morgan fingerprint density at radius 2 is 1.83 bits per heavy atom. The molecule has 3 aromatic rings. The molecule has 0 bridgehead atoms. The molecule has 10 heteroatoms. The van der Waals surface area contributed by atoms with Gasteiger partial charge in [-0.1, -0.05) is 12.1 Å². The summed E-state index contributed by atoms with van der Waals surface area (Å²) in [5.41, 5.74) is 0.674. The van der Waals surface area contributed by atoms with E-state index >= 15 is 0 Å². The number of fused-ring (bicyclic) bond motifs is 1. The van der Waals surface area contributed by atoms with Gasteiger partial charge in [-0.15, -0.1) is 11.6 Å². The zero-order valence-electron chi connectivity index (χ0n) is 15.7. The van der Waals surface area contributed by atoms with E-state index in [9.17, 15) is 21.6 Å². The minimum atomic E-state index is -4.47. The lowest BCUT2D eigenvalue weighted by molar-refractivity contribution is -0.137. The highest BCUT2D eigenvalue weighted by atomic mass is 35.5. The Morgan fingerprint density at radius 1 is 1.17 bits per heavy atom. The van der Waals surface area contributed by atoms with Crippen molar-refractivity contribution in [2.24, 2.45) is 0 Å². The van der Waals surface area contributed by atoms with Crippen molar-refractivity contribution in [2.45, 2.75) is 43.4 Å². The third kappa shape index (κ3) is 4.41. The van der Waals surface area contributed by atoms with E-state index in [2.05, 4.69) is 9.71 Å². The van der Waals surface area contributed by atoms with Crippen LogP contribution in [0, 0.1) is 0 Å². The summed E-state index contributed by atoms with van der Waals surface area (Å²) in [7, 11) is -3.85. The van der Waals surface area contributed by atoms with Gasteiger partial charge in [-0.3, -0.25) is 0 Å². The van der Waals surface area contributed by atoms with Gasteiger partial charge in [0.05, 0.1) is 27.5 Å². The van der Waals surface area contributed by atoms with Crippen molar-refractivity contribution in [1.82, 2.24) is 14.3 Å². The molecule has 0 aliphatic carbocycles. The number of sulfonamides is 1. The number of alkyl halides is 4. The van der Waals surface area contributed by atoms with Crippen molar-refractivity contribution < 1.29 is 21.6 Å². The second kappa shape index (κ2) is 7.97. The largest absolute Gasteiger partial charge is 0.416 e. The third-order valence-corrected chi connectivity index (χ3v) is 6.39. The predicted octanol–water partition coefficient (Wildman–Crippen LogP) is 4.85. The molecule has 0 saturated carbocycles. The Bertz CT molecular complexity index is 1130. The second-order valence-electron chi connectivity index (χ2n) is 6.54. The number of imidazole rings is 1. The van der Waals surface area contributed by atoms with Crippen molar-refractivity contribution in [2.75, 3.05) is 0 Å². The summed E-state index contributed by atoms with van der Waals surface area (Å²) in [5.74, 6) is 0.604. The van der Waals surface area contributed by atoms with E-state index in [0.29, 0.717) is 23.4 Å². The molecule has 1 unspecified atom stereocenters. The molecule has 29 heavy (non-hydrogen) atoms. The second-order valence-corrected chi connectivity index (χ2v) is 8.52. The highest BCUT2D eigenvalue weighted by Gasteiger charge is 2.31. The maximum absolute atomic E-state index is 13.1. The van der Waals surface area contributed by atoms with Crippen LogP contribution in [0.5, 0.6) is 0 Å². The van der Waals surface area contributed by atoms with E-state index < -0.39 is 27.8 Å². The maximum Gasteiger partial charge on any atom is 0.416 e. The van der Waals surface area contributed by atoms with Crippen LogP contribution in [-0.4, -0.2) is 18.0 Å². The minimum Gasteiger partial charge on any atom is -0.327 e. The average Bonchev–Trinajstić information content (AvgIpc) is 3.05. The van der Waals surface area contributed by atoms with Crippen molar-refractivity contribution in [3.05, 3.63) is 59.4 Å². The fraction of sp³-hybridized carbons (Fsp3) is 0.316. The van der Waals surface area contributed by atoms with Gasteiger partial charge in [-0.05, 0) is 49.7 Å². The first-order valence-corrected chi connectivity index (χ1v) is 10.8. The summed E-state index contributed by atoms with van der Waals surface area (Å²) in [6.07, 6.45) is -4.47. The molecular formula is C19H19ClF3N3O2S. The van der Waals surface area contributed by atoms with Crippen LogP contribution < -0.4 is 4.72 Å². The van der Waals surface area contributed by atoms with Crippen LogP contribution in [0.4, 0.5) is 13.2 Å². The van der Waals surface area contributed by atoms with Gasteiger partial charge < -0.3 is 4.57 Å². The van der Waals surface area contributed by atoms with Crippen molar-refractivity contribution in [3.8, 4) is 0 Å². The Labute approximate surface area is 171 Å². The smallest absolute Gasteiger partial charge is 0.327 e. The normalized spacial score (nSPS) is 13.7. The first-order valence-electron chi connectivity index (χ1n) is 8.81. The molecule has 0 aliphatic heterocycles. The summed E-state index contributed by atoms with van der Waals surface area (Å²) in [6, 6.07) is 8.66. The van der Waals surface area contributed by atoms with Gasteiger partial charge in [0, 0.05) is 12.4 Å². The highest BCUT2D eigenvalue weighted by molar-refractivity contribution is 7.89. The van der Waals surface area contributed by atoms with E-state index in [1.165, 1.54) is 18.2 Å². The predicted molar refractivity (Wildman–Crippen MR) is 105 cm³/mol. The zero-order chi connectivity index (χ0) is 21.4. The molecule has 1 aromatic heterocycles. The fourth-order valence-corrected chi connectivity index (χ4v) is 4.47. The Kier molecular flexibility index (Phi) is 5.93. The van der Waals surface area contributed by atoms with Gasteiger partial charge in [0.2, 0.25) is 10.0 Å². The zero-order valence-corrected chi connectivity index (χ0v) is 17.2. The van der Waals surface area contributed by atoms with E-state index in [1.807, 2.05) is 0 Å². The first-order chi connectivity index (χ1) is 13.6. The Morgan fingerprint density at radius 3 is 2.38 bits per heavy atom. The van der Waals surface area contributed by atoms with Crippen LogP contribution in [-0.2, 0) is 28.6 Å². The number of hydrogen-bond donors (Lipinski definition) is 1. The summed E-state index contributed by atoms with van der Waals surface area (Å²) in [5, 5.41) is 0. The third-order valence-electron chi connectivity index (χ3n) is 4.53. The van der Waals surface area contributed by atoms with Crippen molar-refractivity contribution in [3.63, 3.8) is 0 Å². The number of aryl methyl sites for hydroxylation is 1. The molecule has 0 amide bonds. The maximum atomic E-state index is 13.1. The van der Waals surface area contributed by atoms with Gasteiger partial charge in [0.1, 0.15) is 5.82 Å². The molecule has 1 atom stereocenters. The molecule has 1 N–H and O–H groups in total. The quantitative estimate of drug-likeness (QED) is 0.551. The van der Waals surface area contributed by atoms with Gasteiger partial charge in [-0.2, -0.15) is 13.2 Å². The van der Waals surface area contributed by atoms with E-state index in [0.717, 1.165) is 17.7 Å². The number of nitrogens with zero attached hydrogens (tertiary/aromatic N) is 2. The van der Waals surface area contributed by atoms with Crippen molar-refractivity contribution >= 4 is 32.7 Å². The summed E-state index contributed by atoms with van der Waals surface area (Å²) < 4.78 is 68.6. The number of rotatable bonds is 6. The monoisotopic (exact) mass is 445 g/mol. The number of aromatic nitrogens is 2. The molecular weight excluding hydrogens is 427 g/mol. The number of halogens is 4. The molecule has 0 spiro atoms. The summed E-state index contributed by atoms with van der Waals surface area (Å²) >= 11 is 5.72. The number of hydrogen-bond acceptors (Lipinski definition) is 3. The van der Waals surface area contributed by atoms with E-state index in [-0.39, 0.29) is 10.8 Å².